The maximum absolute atomic E-state index is 6.09. The van der Waals surface area contributed by atoms with Crippen LogP contribution in [-0.4, -0.2) is 46.4 Å². The van der Waals surface area contributed by atoms with Gasteiger partial charge in [-0.2, -0.15) is 0 Å². The number of allylic oxidation sites excluding steroid dienone is 1. The Morgan fingerprint density at radius 1 is 1.07 bits per heavy atom. The fourth-order valence-corrected chi connectivity index (χ4v) is 4.45. The van der Waals surface area contributed by atoms with E-state index in [2.05, 4.69) is 52.0 Å². The number of hydrogen-bond donors (Lipinski definition) is 1. The first-order valence-corrected chi connectivity index (χ1v) is 10.5. The minimum Gasteiger partial charge on any atom is -0.365 e. The Morgan fingerprint density at radius 2 is 1.93 bits per heavy atom. The van der Waals surface area contributed by atoms with E-state index < -0.39 is 0 Å². The Hall–Kier alpha value is -2.79. The number of aliphatic imine (C=N–C) groups is 1. The van der Waals surface area contributed by atoms with Gasteiger partial charge in [-0.3, -0.25) is 0 Å². The summed E-state index contributed by atoms with van der Waals surface area (Å²) in [5.41, 5.74) is 4.36. The van der Waals surface area contributed by atoms with Crippen molar-refractivity contribution in [3.05, 3.63) is 65.6 Å². The Morgan fingerprint density at radius 3 is 2.69 bits per heavy atom. The minimum absolute atomic E-state index is 0.458. The van der Waals surface area contributed by atoms with Crippen LogP contribution in [0.5, 0.6) is 0 Å². The molecule has 2 aliphatic heterocycles. The second-order valence-corrected chi connectivity index (χ2v) is 8.21. The number of nitrogens with zero attached hydrogens (tertiary/aromatic N) is 4. The van der Waals surface area contributed by atoms with E-state index in [-0.39, 0.29) is 0 Å². The molecule has 5 nitrogen and oxygen atoms in total. The predicted molar refractivity (Wildman–Crippen MR) is 121 cm³/mol. The van der Waals surface area contributed by atoms with Gasteiger partial charge in [0.15, 0.2) is 0 Å². The smallest absolute Gasteiger partial charge is 0.135 e. The number of nitrogens with one attached hydrogen (secondary N) is 1. The maximum Gasteiger partial charge on any atom is 0.135 e. The van der Waals surface area contributed by atoms with Gasteiger partial charge in [-0.05, 0) is 43.7 Å². The molecule has 0 radical (unpaired) electrons. The van der Waals surface area contributed by atoms with Gasteiger partial charge in [0.05, 0.1) is 11.0 Å². The zero-order valence-corrected chi connectivity index (χ0v) is 17.2. The van der Waals surface area contributed by atoms with Crippen molar-refractivity contribution < 1.29 is 0 Å². The van der Waals surface area contributed by atoms with E-state index in [0.29, 0.717) is 6.04 Å². The number of rotatable bonds is 2. The van der Waals surface area contributed by atoms with Crippen molar-refractivity contribution in [1.82, 2.24) is 14.9 Å². The SMILES string of the molecule is CC1CN(C2=NC=C(c3nc4ccc(Cl)cc4[nH]3)CC2)CCN1c1ccccc1. The van der Waals surface area contributed by atoms with Crippen LogP contribution in [0.15, 0.2) is 59.7 Å². The van der Waals surface area contributed by atoms with Crippen LogP contribution in [0.2, 0.25) is 5.02 Å². The van der Waals surface area contributed by atoms with Gasteiger partial charge in [-0.1, -0.05) is 29.8 Å². The van der Waals surface area contributed by atoms with Crippen molar-refractivity contribution in [2.45, 2.75) is 25.8 Å². The molecule has 148 valence electrons. The summed E-state index contributed by atoms with van der Waals surface area (Å²) in [7, 11) is 0. The summed E-state index contributed by atoms with van der Waals surface area (Å²) >= 11 is 6.09. The first kappa shape index (κ1) is 18.3. The fourth-order valence-electron chi connectivity index (χ4n) is 4.28. The quantitative estimate of drug-likeness (QED) is 0.655. The lowest BCUT2D eigenvalue weighted by molar-refractivity contribution is 0.332. The molecule has 3 heterocycles. The van der Waals surface area contributed by atoms with Gasteiger partial charge in [-0.15, -0.1) is 0 Å². The number of halogens is 1. The number of amidine groups is 1. The zero-order valence-electron chi connectivity index (χ0n) is 16.5. The second kappa shape index (κ2) is 7.56. The van der Waals surface area contributed by atoms with Crippen LogP contribution >= 0.6 is 11.6 Å². The van der Waals surface area contributed by atoms with E-state index in [4.69, 9.17) is 21.6 Å². The summed E-state index contributed by atoms with van der Waals surface area (Å²) in [5.74, 6) is 2.08. The Bertz CT molecular complexity index is 1090. The number of fused-ring (bicyclic) bond motifs is 1. The molecule has 0 bridgehead atoms. The minimum atomic E-state index is 0.458. The number of piperazine rings is 1. The fraction of sp³-hybridized carbons (Fsp3) is 0.304. The van der Waals surface area contributed by atoms with Gasteiger partial charge in [-0.25, -0.2) is 9.98 Å². The van der Waals surface area contributed by atoms with Gasteiger partial charge in [0.25, 0.3) is 0 Å². The lowest BCUT2D eigenvalue weighted by Gasteiger charge is -2.43. The lowest BCUT2D eigenvalue weighted by atomic mass is 10.1. The molecule has 5 rings (SSSR count). The number of imidazole rings is 1. The summed E-state index contributed by atoms with van der Waals surface area (Å²) < 4.78 is 0. The van der Waals surface area contributed by atoms with Gasteiger partial charge in [0.2, 0.25) is 0 Å². The molecule has 1 atom stereocenters. The van der Waals surface area contributed by atoms with Crippen LogP contribution in [0.25, 0.3) is 16.6 Å². The third-order valence-electron chi connectivity index (χ3n) is 5.82. The Labute approximate surface area is 175 Å². The second-order valence-electron chi connectivity index (χ2n) is 7.77. The average Bonchev–Trinajstić information content (AvgIpc) is 3.17. The maximum atomic E-state index is 6.09. The van der Waals surface area contributed by atoms with Crippen molar-refractivity contribution in [2.24, 2.45) is 4.99 Å². The summed E-state index contributed by atoms with van der Waals surface area (Å²) in [5, 5.41) is 0.717. The molecular formula is C23H24ClN5. The Kier molecular flexibility index (Phi) is 4.76. The van der Waals surface area contributed by atoms with E-state index in [1.807, 2.05) is 24.4 Å². The normalized spacial score (nSPS) is 20.0. The first-order chi connectivity index (χ1) is 14.2. The summed E-state index contributed by atoms with van der Waals surface area (Å²) in [6.07, 6.45) is 3.87. The number of anilines is 1. The van der Waals surface area contributed by atoms with Crippen molar-refractivity contribution in [2.75, 3.05) is 24.5 Å². The third kappa shape index (κ3) is 3.62. The van der Waals surface area contributed by atoms with Crippen molar-refractivity contribution in [3.63, 3.8) is 0 Å². The number of aromatic nitrogens is 2. The number of H-pyrrole nitrogens is 1. The standard InChI is InChI=1S/C23H24ClN5/c1-16-15-28(11-12-29(16)19-5-3-2-4-6-19)22-10-7-17(14-25-22)23-26-20-9-8-18(24)13-21(20)27-23/h2-6,8-9,13-14,16H,7,10-12,15H2,1H3,(H,26,27). The molecule has 29 heavy (non-hydrogen) atoms. The molecule has 1 saturated heterocycles. The highest BCUT2D eigenvalue weighted by molar-refractivity contribution is 6.31. The molecule has 0 saturated carbocycles. The van der Waals surface area contributed by atoms with Gasteiger partial charge in [0.1, 0.15) is 11.7 Å². The molecule has 2 aliphatic rings. The number of para-hydroxylation sites is 1. The number of benzene rings is 2. The average molecular weight is 406 g/mol. The van der Waals surface area contributed by atoms with E-state index in [1.165, 1.54) is 11.5 Å². The molecule has 1 fully saturated rings. The monoisotopic (exact) mass is 405 g/mol. The highest BCUT2D eigenvalue weighted by atomic mass is 35.5. The largest absolute Gasteiger partial charge is 0.365 e. The van der Waals surface area contributed by atoms with Crippen LogP contribution in [0, 0.1) is 0 Å². The van der Waals surface area contributed by atoms with Crippen molar-refractivity contribution >= 4 is 39.7 Å². The zero-order chi connectivity index (χ0) is 19.8. The van der Waals surface area contributed by atoms with Crippen molar-refractivity contribution in [1.29, 1.82) is 0 Å². The number of aromatic amines is 1. The Balaban J connectivity index is 1.30. The van der Waals surface area contributed by atoms with Crippen LogP contribution in [-0.2, 0) is 0 Å². The molecule has 1 N–H and O–H groups in total. The summed E-state index contributed by atoms with van der Waals surface area (Å²) in [4.78, 5) is 17.8. The highest BCUT2D eigenvalue weighted by Crippen LogP contribution is 2.27. The molecule has 1 unspecified atom stereocenters. The van der Waals surface area contributed by atoms with E-state index in [0.717, 1.165) is 59.9 Å². The molecule has 0 aliphatic carbocycles. The summed E-state index contributed by atoms with van der Waals surface area (Å²) in [6, 6.07) is 16.9. The highest BCUT2D eigenvalue weighted by Gasteiger charge is 2.26. The molecule has 6 heteroatoms. The van der Waals surface area contributed by atoms with Gasteiger partial charge in [0, 0.05) is 54.6 Å². The first-order valence-electron chi connectivity index (χ1n) is 10.2. The van der Waals surface area contributed by atoms with Crippen LogP contribution < -0.4 is 4.90 Å². The molecule has 1 aromatic heterocycles. The van der Waals surface area contributed by atoms with Gasteiger partial charge >= 0.3 is 0 Å². The molecule has 0 spiro atoms. The van der Waals surface area contributed by atoms with Crippen LogP contribution in [0.1, 0.15) is 25.6 Å². The lowest BCUT2D eigenvalue weighted by Crippen LogP contribution is -2.53. The van der Waals surface area contributed by atoms with Gasteiger partial charge < -0.3 is 14.8 Å². The summed E-state index contributed by atoms with van der Waals surface area (Å²) in [6.45, 7) is 5.32. The third-order valence-corrected chi connectivity index (χ3v) is 6.05. The molecule has 2 aromatic carbocycles. The van der Waals surface area contributed by atoms with E-state index in [9.17, 15) is 0 Å². The molecule has 3 aromatic rings. The van der Waals surface area contributed by atoms with E-state index in [1.54, 1.807) is 0 Å². The number of hydrogen-bond acceptors (Lipinski definition) is 4. The van der Waals surface area contributed by atoms with E-state index >= 15 is 0 Å². The predicted octanol–water partition coefficient (Wildman–Crippen LogP) is 4.96. The molecule has 0 amide bonds. The topological polar surface area (TPSA) is 47.5 Å². The van der Waals surface area contributed by atoms with Crippen LogP contribution in [0.4, 0.5) is 5.69 Å². The van der Waals surface area contributed by atoms with Crippen molar-refractivity contribution in [3.8, 4) is 0 Å². The van der Waals surface area contributed by atoms with Crippen LogP contribution in [0.3, 0.4) is 0 Å². The molecular weight excluding hydrogens is 382 g/mol.